The minimum absolute atomic E-state index is 0.125. The zero-order valence-corrected chi connectivity index (χ0v) is 13.4. The normalized spacial score (nSPS) is 10.9. The molecule has 23 heavy (non-hydrogen) atoms. The van der Waals surface area contributed by atoms with Crippen molar-refractivity contribution in [3.63, 3.8) is 0 Å². The van der Waals surface area contributed by atoms with E-state index in [1.807, 2.05) is 36.9 Å². The van der Waals surface area contributed by atoms with E-state index in [9.17, 15) is 4.79 Å². The molecule has 0 atom stereocenters. The van der Waals surface area contributed by atoms with Gasteiger partial charge in [0.25, 0.3) is 5.91 Å². The van der Waals surface area contributed by atoms with E-state index in [0.29, 0.717) is 24.3 Å². The molecule has 0 unspecified atom stereocenters. The van der Waals surface area contributed by atoms with Crippen LogP contribution in [0.1, 0.15) is 27.7 Å². The third-order valence-electron chi connectivity index (χ3n) is 3.67. The summed E-state index contributed by atoms with van der Waals surface area (Å²) in [6.07, 6.45) is 4.18. The van der Waals surface area contributed by atoms with Gasteiger partial charge < -0.3 is 18.7 Å². The van der Waals surface area contributed by atoms with Crippen molar-refractivity contribution in [1.82, 2.24) is 14.9 Å². The average molecular weight is 313 g/mol. The summed E-state index contributed by atoms with van der Waals surface area (Å²) in [5.74, 6) is 2.87. The van der Waals surface area contributed by atoms with E-state index in [2.05, 4.69) is 10.3 Å². The van der Waals surface area contributed by atoms with Crippen molar-refractivity contribution in [1.29, 1.82) is 0 Å². The molecule has 3 rings (SSSR count). The van der Waals surface area contributed by atoms with Crippen LogP contribution in [0.15, 0.2) is 39.5 Å². The van der Waals surface area contributed by atoms with Crippen LogP contribution in [0.4, 0.5) is 0 Å². The lowest BCUT2D eigenvalue weighted by atomic mass is 10.2. The number of nitrogens with one attached hydrogen (secondary N) is 1. The minimum atomic E-state index is -0.125. The highest BCUT2D eigenvalue weighted by Crippen LogP contribution is 2.18. The number of hydrogen-bond acceptors (Lipinski definition) is 4. The Morgan fingerprint density at radius 3 is 2.87 bits per heavy atom. The van der Waals surface area contributed by atoms with Crippen molar-refractivity contribution >= 4 is 5.91 Å². The first-order valence-corrected chi connectivity index (χ1v) is 7.46. The average Bonchev–Trinajstić information content (AvgIpc) is 3.20. The molecule has 0 spiro atoms. The van der Waals surface area contributed by atoms with Crippen LogP contribution < -0.4 is 5.32 Å². The van der Waals surface area contributed by atoms with Gasteiger partial charge in [0.2, 0.25) is 0 Å². The molecular formula is C17H19N3O3. The Hall–Kier alpha value is -2.76. The highest BCUT2D eigenvalue weighted by molar-refractivity contribution is 5.95. The second-order valence-corrected chi connectivity index (χ2v) is 5.46. The number of aryl methyl sites for hydroxylation is 3. The summed E-state index contributed by atoms with van der Waals surface area (Å²) < 4.78 is 12.7. The summed E-state index contributed by atoms with van der Waals surface area (Å²) >= 11 is 0. The smallest absolute Gasteiger partial charge is 0.254 e. The molecule has 0 saturated heterocycles. The van der Waals surface area contributed by atoms with Crippen LogP contribution >= 0.6 is 0 Å². The fraction of sp³-hybridized carbons (Fsp3) is 0.294. The molecule has 0 aliphatic heterocycles. The van der Waals surface area contributed by atoms with Gasteiger partial charge in [-0.2, -0.15) is 0 Å². The van der Waals surface area contributed by atoms with Gasteiger partial charge in [-0.25, -0.2) is 4.98 Å². The second kappa shape index (κ2) is 6.16. The van der Waals surface area contributed by atoms with Gasteiger partial charge in [0, 0.05) is 26.2 Å². The Bertz CT molecular complexity index is 812. The van der Waals surface area contributed by atoms with Crippen molar-refractivity contribution < 1.29 is 13.6 Å². The molecule has 3 aromatic rings. The number of hydrogen-bond donors (Lipinski definition) is 1. The molecule has 1 amide bonds. The van der Waals surface area contributed by atoms with Gasteiger partial charge in [0.05, 0.1) is 11.8 Å². The van der Waals surface area contributed by atoms with E-state index >= 15 is 0 Å². The maximum atomic E-state index is 12.1. The second-order valence-electron chi connectivity index (χ2n) is 5.46. The van der Waals surface area contributed by atoms with Gasteiger partial charge in [-0.1, -0.05) is 0 Å². The lowest BCUT2D eigenvalue weighted by Gasteiger charge is -2.04. The maximum Gasteiger partial charge on any atom is 0.254 e. The highest BCUT2D eigenvalue weighted by atomic mass is 16.3. The van der Waals surface area contributed by atoms with Gasteiger partial charge in [0.1, 0.15) is 23.0 Å². The molecule has 0 aromatic carbocycles. The van der Waals surface area contributed by atoms with E-state index in [1.54, 1.807) is 19.3 Å². The summed E-state index contributed by atoms with van der Waals surface area (Å²) in [5.41, 5.74) is 1.37. The predicted octanol–water partition coefficient (Wildman–Crippen LogP) is 2.86. The predicted molar refractivity (Wildman–Crippen MR) is 85.1 cm³/mol. The quantitative estimate of drug-likeness (QED) is 0.786. The Balaban J connectivity index is 1.61. The Labute approximate surface area is 134 Å². The first-order valence-electron chi connectivity index (χ1n) is 7.46. The molecule has 3 heterocycles. The number of amides is 1. The van der Waals surface area contributed by atoms with Crippen LogP contribution in [-0.2, 0) is 13.5 Å². The van der Waals surface area contributed by atoms with Crippen molar-refractivity contribution in [2.45, 2.75) is 20.3 Å². The fourth-order valence-corrected chi connectivity index (χ4v) is 2.52. The van der Waals surface area contributed by atoms with Crippen molar-refractivity contribution in [2.75, 3.05) is 6.54 Å². The van der Waals surface area contributed by atoms with Crippen LogP contribution in [0.3, 0.4) is 0 Å². The highest BCUT2D eigenvalue weighted by Gasteiger charge is 2.14. The summed E-state index contributed by atoms with van der Waals surface area (Å²) in [4.78, 5) is 16.7. The van der Waals surface area contributed by atoms with Gasteiger partial charge in [-0.05, 0) is 32.0 Å². The molecule has 0 saturated carbocycles. The molecule has 0 radical (unpaired) electrons. The van der Waals surface area contributed by atoms with E-state index < -0.39 is 0 Å². The van der Waals surface area contributed by atoms with Gasteiger partial charge in [-0.15, -0.1) is 0 Å². The Morgan fingerprint density at radius 2 is 2.22 bits per heavy atom. The zero-order chi connectivity index (χ0) is 16.4. The summed E-state index contributed by atoms with van der Waals surface area (Å²) in [5, 5.41) is 2.90. The lowest BCUT2D eigenvalue weighted by Crippen LogP contribution is -2.26. The lowest BCUT2D eigenvalue weighted by molar-refractivity contribution is 0.0952. The van der Waals surface area contributed by atoms with Gasteiger partial charge in [0.15, 0.2) is 5.76 Å². The first kappa shape index (κ1) is 15.1. The molecule has 0 aliphatic rings. The van der Waals surface area contributed by atoms with Crippen LogP contribution in [0.2, 0.25) is 0 Å². The summed E-state index contributed by atoms with van der Waals surface area (Å²) in [6, 6.07) is 5.46. The van der Waals surface area contributed by atoms with Crippen molar-refractivity contribution in [3.8, 4) is 11.5 Å². The number of aromatic nitrogens is 2. The van der Waals surface area contributed by atoms with Crippen LogP contribution in [0.5, 0.6) is 0 Å². The largest absolute Gasteiger partial charge is 0.466 e. The van der Waals surface area contributed by atoms with E-state index in [4.69, 9.17) is 8.83 Å². The molecular weight excluding hydrogens is 294 g/mol. The van der Waals surface area contributed by atoms with E-state index in [0.717, 1.165) is 23.0 Å². The molecule has 6 nitrogen and oxygen atoms in total. The number of carbonyl (C=O) groups is 1. The topological polar surface area (TPSA) is 73.2 Å². The van der Waals surface area contributed by atoms with Gasteiger partial charge in [-0.3, -0.25) is 4.79 Å². The standard InChI is InChI=1S/C17H19N3O3/c1-11-9-13(12(2)23-11)17(21)18-7-6-16-19-14(10-20(16)3)15-5-4-8-22-15/h4-5,8-10H,6-7H2,1-3H3,(H,18,21). The maximum absolute atomic E-state index is 12.1. The molecule has 3 aromatic heterocycles. The van der Waals surface area contributed by atoms with Crippen LogP contribution in [0, 0.1) is 13.8 Å². The Morgan fingerprint density at radius 1 is 1.39 bits per heavy atom. The fourth-order valence-electron chi connectivity index (χ4n) is 2.52. The molecule has 120 valence electrons. The monoisotopic (exact) mass is 313 g/mol. The number of nitrogens with zero attached hydrogens (tertiary/aromatic N) is 2. The SMILES string of the molecule is Cc1cc(C(=O)NCCc2nc(-c3ccco3)cn2C)c(C)o1. The molecule has 6 heteroatoms. The number of rotatable bonds is 5. The van der Waals surface area contributed by atoms with E-state index in [-0.39, 0.29) is 5.91 Å². The molecule has 0 aliphatic carbocycles. The first-order chi connectivity index (χ1) is 11.0. The van der Waals surface area contributed by atoms with Crippen molar-refractivity contribution in [2.24, 2.45) is 7.05 Å². The summed E-state index contributed by atoms with van der Waals surface area (Å²) in [6.45, 7) is 4.12. The Kier molecular flexibility index (Phi) is 4.06. The third kappa shape index (κ3) is 3.21. The number of carbonyl (C=O) groups excluding carboxylic acids is 1. The zero-order valence-electron chi connectivity index (χ0n) is 13.4. The van der Waals surface area contributed by atoms with Gasteiger partial charge >= 0.3 is 0 Å². The number of imidazole rings is 1. The summed E-state index contributed by atoms with van der Waals surface area (Å²) in [7, 11) is 1.93. The van der Waals surface area contributed by atoms with Crippen molar-refractivity contribution in [3.05, 3.63) is 53.6 Å². The minimum Gasteiger partial charge on any atom is -0.466 e. The number of furan rings is 2. The molecule has 0 bridgehead atoms. The van der Waals surface area contributed by atoms with Crippen LogP contribution in [0.25, 0.3) is 11.5 Å². The van der Waals surface area contributed by atoms with E-state index in [1.165, 1.54) is 0 Å². The molecule has 0 fully saturated rings. The third-order valence-corrected chi connectivity index (χ3v) is 3.67. The molecule has 1 N–H and O–H groups in total. The van der Waals surface area contributed by atoms with Crippen LogP contribution in [-0.4, -0.2) is 22.0 Å².